The van der Waals surface area contributed by atoms with E-state index in [-0.39, 0.29) is 5.41 Å². The maximum atomic E-state index is 6.26. The van der Waals surface area contributed by atoms with Crippen molar-refractivity contribution in [3.8, 4) is 0 Å². The first-order valence-electron chi connectivity index (χ1n) is 6.37. The number of rotatable bonds is 3. The fourth-order valence-electron chi connectivity index (χ4n) is 2.06. The normalized spacial score (nSPS) is 15.8. The predicted octanol–water partition coefficient (Wildman–Crippen LogP) is 2.56. The van der Waals surface area contributed by atoms with Gasteiger partial charge in [0.15, 0.2) is 5.96 Å². The Kier molecular flexibility index (Phi) is 4.12. The van der Waals surface area contributed by atoms with Gasteiger partial charge >= 0.3 is 0 Å². The molecule has 0 unspecified atom stereocenters. The quantitative estimate of drug-likeness (QED) is 0.881. The first-order valence-corrected chi connectivity index (χ1v) is 6.74. The SMILES string of the molecule is CC(C)(CNC1=NCCCN1)c1ccccc1Cl. The van der Waals surface area contributed by atoms with Crippen molar-refractivity contribution in [2.45, 2.75) is 25.7 Å². The number of nitrogens with one attached hydrogen (secondary N) is 2. The Bertz CT molecular complexity index is 440. The summed E-state index contributed by atoms with van der Waals surface area (Å²) in [5, 5.41) is 7.45. The molecule has 1 heterocycles. The van der Waals surface area contributed by atoms with Gasteiger partial charge in [0, 0.05) is 30.1 Å². The molecular formula is C14H20ClN3. The summed E-state index contributed by atoms with van der Waals surface area (Å²) in [5.74, 6) is 0.904. The second-order valence-electron chi connectivity index (χ2n) is 5.23. The summed E-state index contributed by atoms with van der Waals surface area (Å²) in [6.45, 7) is 7.08. The Labute approximate surface area is 114 Å². The van der Waals surface area contributed by atoms with Crippen LogP contribution in [0.2, 0.25) is 5.02 Å². The molecule has 2 N–H and O–H groups in total. The lowest BCUT2D eigenvalue weighted by atomic mass is 9.84. The van der Waals surface area contributed by atoms with Gasteiger partial charge < -0.3 is 10.6 Å². The van der Waals surface area contributed by atoms with Gasteiger partial charge in [-0.25, -0.2) is 0 Å². The van der Waals surface area contributed by atoms with Crippen LogP contribution in [0, 0.1) is 0 Å². The second-order valence-corrected chi connectivity index (χ2v) is 5.64. The number of hydrogen-bond donors (Lipinski definition) is 2. The van der Waals surface area contributed by atoms with Gasteiger partial charge in [0.2, 0.25) is 0 Å². The highest BCUT2D eigenvalue weighted by atomic mass is 35.5. The summed E-state index contributed by atoms with van der Waals surface area (Å²) < 4.78 is 0. The molecule has 0 fully saturated rings. The van der Waals surface area contributed by atoms with Crippen LogP contribution in [0.15, 0.2) is 29.3 Å². The summed E-state index contributed by atoms with van der Waals surface area (Å²) in [6, 6.07) is 8.01. The van der Waals surface area contributed by atoms with Gasteiger partial charge in [0.1, 0.15) is 0 Å². The van der Waals surface area contributed by atoms with E-state index in [1.807, 2.05) is 18.2 Å². The van der Waals surface area contributed by atoms with E-state index in [2.05, 4.69) is 35.5 Å². The number of guanidine groups is 1. The molecule has 4 heteroatoms. The van der Waals surface area contributed by atoms with E-state index in [9.17, 15) is 0 Å². The molecule has 1 aromatic rings. The van der Waals surface area contributed by atoms with Crippen LogP contribution < -0.4 is 10.6 Å². The number of halogens is 1. The van der Waals surface area contributed by atoms with E-state index < -0.39 is 0 Å². The van der Waals surface area contributed by atoms with Crippen LogP contribution in [0.25, 0.3) is 0 Å². The molecule has 18 heavy (non-hydrogen) atoms. The summed E-state index contributed by atoms with van der Waals surface area (Å²) >= 11 is 6.26. The minimum atomic E-state index is -0.0278. The Morgan fingerprint density at radius 1 is 1.39 bits per heavy atom. The minimum Gasteiger partial charge on any atom is -0.356 e. The Morgan fingerprint density at radius 3 is 2.83 bits per heavy atom. The van der Waals surface area contributed by atoms with Crippen molar-refractivity contribution in [2.24, 2.45) is 4.99 Å². The number of benzene rings is 1. The molecule has 0 bridgehead atoms. The first-order chi connectivity index (χ1) is 8.59. The highest BCUT2D eigenvalue weighted by molar-refractivity contribution is 6.31. The first kappa shape index (κ1) is 13.2. The summed E-state index contributed by atoms with van der Waals surface area (Å²) in [5.41, 5.74) is 1.13. The third kappa shape index (κ3) is 3.16. The van der Waals surface area contributed by atoms with Crippen LogP contribution in [0.3, 0.4) is 0 Å². The molecule has 0 saturated carbocycles. The fraction of sp³-hybridized carbons (Fsp3) is 0.500. The van der Waals surface area contributed by atoms with E-state index >= 15 is 0 Å². The molecule has 0 amide bonds. The zero-order valence-electron chi connectivity index (χ0n) is 11.0. The minimum absolute atomic E-state index is 0.0278. The molecule has 2 rings (SSSR count). The monoisotopic (exact) mass is 265 g/mol. The standard InChI is InChI=1S/C14H20ClN3/c1-14(2,11-6-3-4-7-12(11)15)10-18-13-16-8-5-9-17-13/h3-4,6-7H,5,8-10H2,1-2H3,(H2,16,17,18). The number of nitrogens with zero attached hydrogens (tertiary/aromatic N) is 1. The van der Waals surface area contributed by atoms with Crippen molar-refractivity contribution in [3.05, 3.63) is 34.9 Å². The molecule has 0 radical (unpaired) electrons. The van der Waals surface area contributed by atoms with Gasteiger partial charge in [0.05, 0.1) is 0 Å². The molecular weight excluding hydrogens is 246 g/mol. The van der Waals surface area contributed by atoms with E-state index in [1.54, 1.807) is 0 Å². The third-order valence-corrected chi connectivity index (χ3v) is 3.53. The maximum Gasteiger partial charge on any atom is 0.191 e. The van der Waals surface area contributed by atoms with E-state index in [1.165, 1.54) is 0 Å². The van der Waals surface area contributed by atoms with Gasteiger partial charge in [0.25, 0.3) is 0 Å². The number of aliphatic imine (C=N–C) groups is 1. The van der Waals surface area contributed by atoms with Crippen molar-refractivity contribution in [1.29, 1.82) is 0 Å². The summed E-state index contributed by atoms with van der Waals surface area (Å²) in [6.07, 6.45) is 1.11. The molecule has 1 aromatic carbocycles. The molecule has 1 aliphatic heterocycles. The second kappa shape index (κ2) is 5.61. The highest BCUT2D eigenvalue weighted by Gasteiger charge is 2.23. The fourth-order valence-corrected chi connectivity index (χ4v) is 2.45. The molecule has 0 aromatic heterocycles. The van der Waals surface area contributed by atoms with Gasteiger partial charge in [-0.3, -0.25) is 4.99 Å². The molecule has 0 saturated heterocycles. The zero-order valence-corrected chi connectivity index (χ0v) is 11.7. The van der Waals surface area contributed by atoms with Gasteiger partial charge in [-0.1, -0.05) is 43.6 Å². The average Bonchev–Trinajstić information content (AvgIpc) is 2.38. The topological polar surface area (TPSA) is 36.4 Å². The Balaban J connectivity index is 2.03. The Morgan fingerprint density at radius 2 is 2.17 bits per heavy atom. The molecule has 0 aliphatic carbocycles. The van der Waals surface area contributed by atoms with E-state index in [0.29, 0.717) is 0 Å². The highest BCUT2D eigenvalue weighted by Crippen LogP contribution is 2.28. The van der Waals surface area contributed by atoms with Crippen molar-refractivity contribution in [3.63, 3.8) is 0 Å². The molecule has 3 nitrogen and oxygen atoms in total. The maximum absolute atomic E-state index is 6.26. The molecule has 0 spiro atoms. The van der Waals surface area contributed by atoms with Crippen molar-refractivity contribution in [1.82, 2.24) is 10.6 Å². The van der Waals surface area contributed by atoms with Crippen molar-refractivity contribution >= 4 is 17.6 Å². The molecule has 0 atom stereocenters. The third-order valence-electron chi connectivity index (χ3n) is 3.20. The smallest absolute Gasteiger partial charge is 0.191 e. The largest absolute Gasteiger partial charge is 0.356 e. The van der Waals surface area contributed by atoms with Gasteiger partial charge in [-0.15, -0.1) is 0 Å². The molecule has 98 valence electrons. The summed E-state index contributed by atoms with van der Waals surface area (Å²) in [7, 11) is 0. The van der Waals surface area contributed by atoms with Crippen molar-refractivity contribution < 1.29 is 0 Å². The van der Waals surface area contributed by atoms with Crippen LogP contribution in [-0.4, -0.2) is 25.6 Å². The van der Waals surface area contributed by atoms with Crippen LogP contribution in [0.4, 0.5) is 0 Å². The van der Waals surface area contributed by atoms with Crippen molar-refractivity contribution in [2.75, 3.05) is 19.6 Å². The summed E-state index contributed by atoms with van der Waals surface area (Å²) in [4.78, 5) is 4.41. The van der Waals surface area contributed by atoms with Gasteiger partial charge in [-0.2, -0.15) is 0 Å². The number of hydrogen-bond acceptors (Lipinski definition) is 3. The lowest BCUT2D eigenvalue weighted by molar-refractivity contribution is 0.506. The average molecular weight is 266 g/mol. The van der Waals surface area contributed by atoms with Crippen LogP contribution in [-0.2, 0) is 5.41 Å². The lowest BCUT2D eigenvalue weighted by Crippen LogP contribution is -2.45. The van der Waals surface area contributed by atoms with Crippen LogP contribution >= 0.6 is 11.6 Å². The lowest BCUT2D eigenvalue weighted by Gasteiger charge is -2.28. The zero-order chi connectivity index (χ0) is 13.0. The van der Waals surface area contributed by atoms with Crippen LogP contribution in [0.5, 0.6) is 0 Å². The predicted molar refractivity (Wildman–Crippen MR) is 77.4 cm³/mol. The molecule has 1 aliphatic rings. The van der Waals surface area contributed by atoms with E-state index in [0.717, 1.165) is 42.6 Å². The Hall–Kier alpha value is -1.22. The van der Waals surface area contributed by atoms with E-state index in [4.69, 9.17) is 11.6 Å². The van der Waals surface area contributed by atoms with Crippen LogP contribution in [0.1, 0.15) is 25.8 Å². The van der Waals surface area contributed by atoms with Gasteiger partial charge in [-0.05, 0) is 18.1 Å².